The maximum Gasteiger partial charge on any atom is 0.360 e. The van der Waals surface area contributed by atoms with E-state index >= 15 is 0 Å². The van der Waals surface area contributed by atoms with E-state index in [1.807, 2.05) is 0 Å². The van der Waals surface area contributed by atoms with Crippen molar-refractivity contribution < 1.29 is 34.0 Å². The first-order chi connectivity index (χ1) is 21.3. The van der Waals surface area contributed by atoms with E-state index < -0.39 is 45.6 Å². The lowest BCUT2D eigenvalue weighted by molar-refractivity contribution is 0.0588. The first-order valence-electron chi connectivity index (χ1n) is 14.1. The molecule has 3 rings (SSSR count). The number of esters is 1. The molecule has 0 aliphatic heterocycles. The van der Waals surface area contributed by atoms with E-state index in [4.69, 9.17) is 5.11 Å². The molecule has 1 aromatic carbocycles. The molecule has 0 saturated carbocycles. The lowest BCUT2D eigenvalue weighted by Gasteiger charge is -2.26. The van der Waals surface area contributed by atoms with Crippen LogP contribution in [0, 0.1) is 5.82 Å². The number of nitrogens with one attached hydrogen (secondary N) is 3. The summed E-state index contributed by atoms with van der Waals surface area (Å²) in [5, 5.41) is 35.8. The minimum absolute atomic E-state index is 0. The molecule has 1 amide bonds. The van der Waals surface area contributed by atoms with Crippen LogP contribution in [0.1, 0.15) is 80.2 Å². The van der Waals surface area contributed by atoms with Gasteiger partial charge in [-0.05, 0) is 66.4 Å². The summed E-state index contributed by atoms with van der Waals surface area (Å²) in [4.78, 5) is 56.1. The highest BCUT2D eigenvalue weighted by Crippen LogP contribution is 2.20. The van der Waals surface area contributed by atoms with Crippen LogP contribution in [0.25, 0.3) is 0 Å². The van der Waals surface area contributed by atoms with E-state index in [9.17, 15) is 33.8 Å². The number of benzene rings is 1. The number of carbonyl (C=O) groups excluding carboxylic acids is 2. The fraction of sp³-hybridized carbons (Fsp3) is 0.484. The second-order valence-electron chi connectivity index (χ2n) is 10.9. The number of ether oxygens (including phenoxy) is 1. The maximum atomic E-state index is 12.9. The van der Waals surface area contributed by atoms with Crippen LogP contribution < -0.4 is 27.1 Å². The van der Waals surface area contributed by atoms with Crippen molar-refractivity contribution in [2.45, 2.75) is 59.7 Å². The predicted molar refractivity (Wildman–Crippen MR) is 175 cm³/mol. The van der Waals surface area contributed by atoms with E-state index in [1.165, 1.54) is 47.5 Å². The monoisotopic (exact) mass is 665 g/mol. The number of aliphatic hydroxyl groups excluding tert-OH is 1. The molecule has 0 unspecified atom stereocenters. The van der Waals surface area contributed by atoms with Crippen molar-refractivity contribution in [2.75, 3.05) is 27.8 Å². The van der Waals surface area contributed by atoms with E-state index in [0.29, 0.717) is 17.2 Å². The van der Waals surface area contributed by atoms with Crippen molar-refractivity contribution >= 4 is 11.9 Å². The van der Waals surface area contributed by atoms with Crippen LogP contribution in [-0.2, 0) is 36.5 Å². The predicted octanol–water partition coefficient (Wildman–Crippen LogP) is 1.37. The molecule has 16 heteroatoms. The second kappa shape index (κ2) is 17.9. The number of aromatic nitrogens is 4. The standard InChI is InChI=1S/C17H21FN4O3.C11H17N3O4.C2H6O.CH4/c1-17(2,19-3)16-21-12(13(23)15(25)22(16)4)14(24)20-9-10-5-7-11(18)8-6-10;1-11(2,12-3)10-13-6(9(17)18-5)7(15)8(16)14(10)4;1-2-3;/h5-8,19,23H,9H2,1-4H3,(H,20,24);12,15H,1-5H3;3H,2H2,1H3;1H4. The van der Waals surface area contributed by atoms with Crippen molar-refractivity contribution in [1.82, 2.24) is 35.1 Å². The summed E-state index contributed by atoms with van der Waals surface area (Å²) in [5.41, 5.74) is -2.77. The van der Waals surface area contributed by atoms with Gasteiger partial charge in [-0.3, -0.25) is 23.5 Å². The highest BCUT2D eigenvalue weighted by Gasteiger charge is 2.29. The molecule has 0 atom stereocenters. The zero-order valence-corrected chi connectivity index (χ0v) is 27.8. The average molecular weight is 666 g/mol. The maximum absolute atomic E-state index is 12.9. The highest BCUT2D eigenvalue weighted by molar-refractivity contribution is 5.94. The molecule has 262 valence electrons. The summed E-state index contributed by atoms with van der Waals surface area (Å²) in [6.45, 7) is 9.23. The SMILES string of the molecule is C.CCO.CNC(C)(C)c1nc(C(=O)NCc2ccc(F)cc2)c(O)c(=O)n1C.CNC(C)(C)c1nc(C(=O)OC)c(O)c(=O)n1C. The number of carbonyl (C=O) groups is 2. The number of aromatic hydroxyl groups is 2. The van der Waals surface area contributed by atoms with Crippen LogP contribution in [0.3, 0.4) is 0 Å². The van der Waals surface area contributed by atoms with E-state index in [2.05, 4.69) is 30.7 Å². The third-order valence-corrected chi connectivity index (χ3v) is 6.86. The van der Waals surface area contributed by atoms with Gasteiger partial charge in [0.05, 0.1) is 18.2 Å². The number of hydrogen-bond donors (Lipinski definition) is 6. The Bertz CT molecular complexity index is 1630. The summed E-state index contributed by atoms with van der Waals surface area (Å²) in [6, 6.07) is 5.62. The molecule has 2 aromatic heterocycles. The first-order valence-corrected chi connectivity index (χ1v) is 14.1. The van der Waals surface area contributed by atoms with Crippen molar-refractivity contribution in [2.24, 2.45) is 14.1 Å². The molecule has 0 aliphatic rings. The highest BCUT2D eigenvalue weighted by atomic mass is 19.1. The van der Waals surface area contributed by atoms with Gasteiger partial charge in [-0.25, -0.2) is 19.2 Å². The fourth-order valence-electron chi connectivity index (χ4n) is 3.79. The van der Waals surface area contributed by atoms with Gasteiger partial charge in [0.1, 0.15) is 17.5 Å². The Morgan fingerprint density at radius 1 is 0.872 bits per heavy atom. The lowest BCUT2D eigenvalue weighted by Crippen LogP contribution is -2.41. The second-order valence-corrected chi connectivity index (χ2v) is 10.9. The molecule has 0 radical (unpaired) electrons. The van der Waals surface area contributed by atoms with Gasteiger partial charge in [-0.15, -0.1) is 0 Å². The molecule has 0 spiro atoms. The largest absolute Gasteiger partial charge is 0.501 e. The molecule has 47 heavy (non-hydrogen) atoms. The van der Waals surface area contributed by atoms with Gasteiger partial charge in [-0.1, -0.05) is 19.6 Å². The van der Waals surface area contributed by atoms with Gasteiger partial charge < -0.3 is 36.0 Å². The Balaban J connectivity index is 0.000000850. The summed E-state index contributed by atoms with van der Waals surface area (Å²) in [7, 11) is 7.52. The molecule has 15 nitrogen and oxygen atoms in total. The number of methoxy groups -OCH3 is 1. The van der Waals surface area contributed by atoms with Crippen LogP contribution in [0.15, 0.2) is 33.9 Å². The van der Waals surface area contributed by atoms with Gasteiger partial charge >= 0.3 is 5.97 Å². The summed E-state index contributed by atoms with van der Waals surface area (Å²) in [5.74, 6) is -2.70. The molecule has 0 bridgehead atoms. The minimum Gasteiger partial charge on any atom is -0.501 e. The van der Waals surface area contributed by atoms with Gasteiger partial charge in [0.2, 0.25) is 11.5 Å². The molecular weight excluding hydrogens is 617 g/mol. The Morgan fingerprint density at radius 2 is 1.26 bits per heavy atom. The molecule has 3 aromatic rings. The normalized spacial score (nSPS) is 10.8. The third kappa shape index (κ3) is 10.4. The molecule has 2 heterocycles. The Hall–Kier alpha value is -4.67. The number of aliphatic hydroxyl groups is 1. The smallest absolute Gasteiger partial charge is 0.360 e. The van der Waals surface area contributed by atoms with Gasteiger partial charge in [0.25, 0.3) is 17.0 Å². The van der Waals surface area contributed by atoms with Crippen molar-refractivity contribution in [3.8, 4) is 11.5 Å². The average Bonchev–Trinajstić information content (AvgIpc) is 3.02. The molecule has 0 aliphatic carbocycles. The Kier molecular flexibility index (Phi) is 16.1. The van der Waals surface area contributed by atoms with Crippen LogP contribution >= 0.6 is 0 Å². The number of rotatable bonds is 8. The number of halogens is 1. The van der Waals surface area contributed by atoms with Crippen LogP contribution in [0.5, 0.6) is 11.5 Å². The van der Waals surface area contributed by atoms with Crippen molar-refractivity contribution in [3.05, 3.63) is 79.4 Å². The Morgan fingerprint density at radius 3 is 1.64 bits per heavy atom. The van der Waals surface area contributed by atoms with Gasteiger partial charge in [0, 0.05) is 27.2 Å². The first kappa shape index (κ1) is 42.3. The summed E-state index contributed by atoms with van der Waals surface area (Å²) >= 11 is 0. The molecule has 0 fully saturated rings. The van der Waals surface area contributed by atoms with Gasteiger partial charge in [-0.2, -0.15) is 0 Å². The number of hydrogen-bond acceptors (Lipinski definition) is 12. The Labute approximate surface area is 273 Å². The van der Waals surface area contributed by atoms with Gasteiger partial charge in [0.15, 0.2) is 11.4 Å². The van der Waals surface area contributed by atoms with Crippen molar-refractivity contribution in [1.29, 1.82) is 0 Å². The number of nitrogens with zero attached hydrogens (tertiary/aromatic N) is 4. The number of amides is 1. The minimum atomic E-state index is -0.849. The quantitative estimate of drug-likeness (QED) is 0.189. The van der Waals surface area contributed by atoms with E-state index in [1.54, 1.807) is 48.7 Å². The third-order valence-electron chi connectivity index (χ3n) is 6.86. The molecule has 6 N–H and O–H groups in total. The zero-order chi connectivity index (χ0) is 35.6. The fourth-order valence-corrected chi connectivity index (χ4v) is 3.79. The summed E-state index contributed by atoms with van der Waals surface area (Å²) in [6.07, 6.45) is 0. The lowest BCUT2D eigenvalue weighted by atomic mass is 10.0. The van der Waals surface area contributed by atoms with E-state index in [-0.39, 0.29) is 37.8 Å². The van der Waals surface area contributed by atoms with Crippen LogP contribution in [0.2, 0.25) is 0 Å². The van der Waals surface area contributed by atoms with E-state index in [0.717, 1.165) is 7.11 Å². The van der Waals surface area contributed by atoms with Crippen LogP contribution in [0.4, 0.5) is 4.39 Å². The molecular formula is C31H48FN7O8. The topological polar surface area (TPSA) is 210 Å². The van der Waals surface area contributed by atoms with Crippen LogP contribution in [-0.4, -0.2) is 74.1 Å². The zero-order valence-electron chi connectivity index (χ0n) is 27.8. The molecule has 0 saturated heterocycles. The summed E-state index contributed by atoms with van der Waals surface area (Å²) < 4.78 is 19.8. The van der Waals surface area contributed by atoms with Crippen molar-refractivity contribution in [3.63, 3.8) is 0 Å².